The van der Waals surface area contributed by atoms with Crippen LogP contribution in [0.2, 0.25) is 0 Å². The number of rotatable bonds is 5. The van der Waals surface area contributed by atoms with E-state index >= 15 is 0 Å². The standard InChI is InChI=1S/C19H26N4OS/c1-13-9-7-8-12-16(13)20-18(24)14(2)25-19-22-21-17(23(19)3)15-10-5-4-6-11-15/h4-6,10-11,13-14,16H,7-9,12H2,1-3H3,(H,20,24)/t13-,14+,16-/m0/s1. The van der Waals surface area contributed by atoms with Crippen LogP contribution in [0.3, 0.4) is 0 Å². The number of benzene rings is 1. The number of aromatic nitrogens is 3. The highest BCUT2D eigenvalue weighted by Gasteiger charge is 2.26. The highest BCUT2D eigenvalue weighted by atomic mass is 32.2. The van der Waals surface area contributed by atoms with Crippen LogP contribution in [0.1, 0.15) is 39.5 Å². The molecule has 2 aromatic rings. The van der Waals surface area contributed by atoms with Gasteiger partial charge in [-0.3, -0.25) is 4.79 Å². The van der Waals surface area contributed by atoms with Crippen molar-refractivity contribution in [3.05, 3.63) is 30.3 Å². The molecule has 1 amide bonds. The van der Waals surface area contributed by atoms with Gasteiger partial charge in [-0.1, -0.05) is 61.9 Å². The second kappa shape index (κ2) is 8.04. The zero-order valence-corrected chi connectivity index (χ0v) is 15.9. The van der Waals surface area contributed by atoms with Crippen LogP contribution in [0.15, 0.2) is 35.5 Å². The summed E-state index contributed by atoms with van der Waals surface area (Å²) in [6, 6.07) is 10.3. The molecule has 0 spiro atoms. The molecule has 1 aliphatic rings. The molecule has 0 radical (unpaired) electrons. The first-order valence-corrected chi connectivity index (χ1v) is 9.86. The van der Waals surface area contributed by atoms with E-state index in [0.29, 0.717) is 12.0 Å². The SMILES string of the molecule is C[C@@H](Sc1nnc(-c2ccccc2)n1C)C(=O)N[C@H]1CCCC[C@@H]1C. The Labute approximate surface area is 153 Å². The third-order valence-electron chi connectivity index (χ3n) is 4.96. The summed E-state index contributed by atoms with van der Waals surface area (Å²) in [6.07, 6.45) is 4.78. The molecule has 0 aliphatic heterocycles. The van der Waals surface area contributed by atoms with E-state index in [4.69, 9.17) is 0 Å². The van der Waals surface area contributed by atoms with Crippen molar-refractivity contribution in [2.45, 2.75) is 56.0 Å². The fraction of sp³-hybridized carbons (Fsp3) is 0.526. The Bertz CT molecular complexity index is 715. The van der Waals surface area contributed by atoms with Gasteiger partial charge in [0.15, 0.2) is 11.0 Å². The Kier molecular flexibility index (Phi) is 5.78. The second-order valence-corrected chi connectivity index (χ2v) is 8.18. The van der Waals surface area contributed by atoms with E-state index < -0.39 is 0 Å². The van der Waals surface area contributed by atoms with Crippen LogP contribution >= 0.6 is 11.8 Å². The number of thioether (sulfide) groups is 1. The Morgan fingerprint density at radius 2 is 1.96 bits per heavy atom. The lowest BCUT2D eigenvalue weighted by molar-refractivity contribution is -0.121. The molecule has 3 rings (SSSR count). The number of carbonyl (C=O) groups is 1. The first kappa shape index (κ1) is 18.0. The molecule has 1 aromatic carbocycles. The molecule has 3 atom stereocenters. The largest absolute Gasteiger partial charge is 0.352 e. The molecule has 0 saturated heterocycles. The third-order valence-corrected chi connectivity index (χ3v) is 6.09. The predicted octanol–water partition coefficient (Wildman–Crippen LogP) is 3.66. The fourth-order valence-corrected chi connectivity index (χ4v) is 4.12. The minimum absolute atomic E-state index is 0.0908. The molecule has 0 bridgehead atoms. The van der Waals surface area contributed by atoms with Crippen molar-refractivity contribution in [2.24, 2.45) is 13.0 Å². The van der Waals surface area contributed by atoms with Crippen molar-refractivity contribution in [1.29, 1.82) is 0 Å². The smallest absolute Gasteiger partial charge is 0.233 e. The van der Waals surface area contributed by atoms with Crippen molar-refractivity contribution in [2.75, 3.05) is 0 Å². The molecular formula is C19H26N4OS. The number of nitrogens with zero attached hydrogens (tertiary/aromatic N) is 3. The fourth-order valence-electron chi connectivity index (χ4n) is 3.30. The highest BCUT2D eigenvalue weighted by Crippen LogP contribution is 2.27. The molecule has 1 saturated carbocycles. The van der Waals surface area contributed by atoms with Crippen LogP contribution in [0, 0.1) is 5.92 Å². The van der Waals surface area contributed by atoms with Crippen molar-refractivity contribution in [1.82, 2.24) is 20.1 Å². The predicted molar refractivity (Wildman–Crippen MR) is 101 cm³/mol. The molecule has 6 heteroatoms. The van der Waals surface area contributed by atoms with Gasteiger partial charge >= 0.3 is 0 Å². The summed E-state index contributed by atoms with van der Waals surface area (Å²) >= 11 is 1.46. The lowest BCUT2D eigenvalue weighted by Gasteiger charge is -2.30. The highest BCUT2D eigenvalue weighted by molar-refractivity contribution is 8.00. The normalized spacial score (nSPS) is 21.7. The van der Waals surface area contributed by atoms with Gasteiger partial charge in [0, 0.05) is 18.7 Å². The summed E-state index contributed by atoms with van der Waals surface area (Å²) in [5.41, 5.74) is 1.03. The van der Waals surface area contributed by atoms with E-state index in [-0.39, 0.29) is 11.2 Å². The Hall–Kier alpha value is -1.82. The molecule has 1 aliphatic carbocycles. The first-order chi connectivity index (χ1) is 12.1. The summed E-state index contributed by atoms with van der Waals surface area (Å²) < 4.78 is 1.95. The minimum Gasteiger partial charge on any atom is -0.352 e. The minimum atomic E-state index is -0.194. The van der Waals surface area contributed by atoms with Gasteiger partial charge in [-0.05, 0) is 25.7 Å². The van der Waals surface area contributed by atoms with E-state index in [1.165, 1.54) is 31.0 Å². The van der Waals surface area contributed by atoms with Crippen molar-refractivity contribution in [3.63, 3.8) is 0 Å². The van der Waals surface area contributed by atoms with Gasteiger partial charge in [0.05, 0.1) is 5.25 Å². The molecule has 25 heavy (non-hydrogen) atoms. The number of hydrogen-bond acceptors (Lipinski definition) is 4. The zero-order valence-electron chi connectivity index (χ0n) is 15.1. The molecule has 1 fully saturated rings. The van der Waals surface area contributed by atoms with Crippen LogP contribution in [0.4, 0.5) is 0 Å². The zero-order chi connectivity index (χ0) is 17.8. The molecule has 1 heterocycles. The summed E-state index contributed by atoms with van der Waals surface area (Å²) in [5.74, 6) is 1.47. The van der Waals surface area contributed by atoms with Gasteiger partial charge in [-0.2, -0.15) is 0 Å². The van der Waals surface area contributed by atoms with Crippen molar-refractivity contribution >= 4 is 17.7 Å². The van der Waals surface area contributed by atoms with Crippen LogP contribution in [0.25, 0.3) is 11.4 Å². The van der Waals surface area contributed by atoms with E-state index in [1.807, 2.05) is 48.9 Å². The van der Waals surface area contributed by atoms with Crippen molar-refractivity contribution in [3.8, 4) is 11.4 Å². The molecule has 5 nitrogen and oxygen atoms in total. The molecule has 1 N–H and O–H groups in total. The van der Waals surface area contributed by atoms with E-state index in [9.17, 15) is 4.79 Å². The quantitative estimate of drug-likeness (QED) is 0.829. The van der Waals surface area contributed by atoms with Gasteiger partial charge in [0.2, 0.25) is 5.91 Å². The van der Waals surface area contributed by atoms with Gasteiger partial charge < -0.3 is 9.88 Å². The lowest BCUT2D eigenvalue weighted by Crippen LogP contribution is -2.44. The Morgan fingerprint density at radius 1 is 1.24 bits per heavy atom. The molecule has 0 unspecified atom stereocenters. The summed E-state index contributed by atoms with van der Waals surface area (Å²) in [4.78, 5) is 12.6. The Balaban J connectivity index is 1.64. The summed E-state index contributed by atoms with van der Waals surface area (Å²) in [5, 5.41) is 12.4. The summed E-state index contributed by atoms with van der Waals surface area (Å²) in [7, 11) is 1.94. The molecular weight excluding hydrogens is 332 g/mol. The monoisotopic (exact) mass is 358 g/mol. The third kappa shape index (κ3) is 4.24. The average Bonchev–Trinajstić information content (AvgIpc) is 2.98. The van der Waals surface area contributed by atoms with Crippen LogP contribution in [-0.4, -0.2) is 32.0 Å². The number of carbonyl (C=O) groups excluding carboxylic acids is 1. The average molecular weight is 359 g/mol. The van der Waals surface area contributed by atoms with Crippen molar-refractivity contribution < 1.29 is 4.79 Å². The maximum atomic E-state index is 12.6. The lowest BCUT2D eigenvalue weighted by atomic mass is 9.86. The van der Waals surface area contributed by atoms with Crippen LogP contribution < -0.4 is 5.32 Å². The second-order valence-electron chi connectivity index (χ2n) is 6.87. The number of nitrogens with one attached hydrogen (secondary N) is 1. The first-order valence-electron chi connectivity index (χ1n) is 8.98. The summed E-state index contributed by atoms with van der Waals surface area (Å²) in [6.45, 7) is 4.17. The van der Waals surface area contributed by atoms with E-state index in [1.54, 1.807) is 0 Å². The number of hydrogen-bond donors (Lipinski definition) is 1. The van der Waals surface area contributed by atoms with E-state index in [2.05, 4.69) is 22.4 Å². The maximum absolute atomic E-state index is 12.6. The van der Waals surface area contributed by atoms with Gasteiger partial charge in [0.25, 0.3) is 0 Å². The van der Waals surface area contributed by atoms with Gasteiger partial charge in [-0.15, -0.1) is 10.2 Å². The van der Waals surface area contributed by atoms with E-state index in [0.717, 1.165) is 23.0 Å². The van der Waals surface area contributed by atoms with Gasteiger partial charge in [-0.25, -0.2) is 0 Å². The molecule has 1 aromatic heterocycles. The maximum Gasteiger partial charge on any atom is 0.233 e. The number of amides is 1. The van der Waals surface area contributed by atoms with Crippen LogP contribution in [0.5, 0.6) is 0 Å². The Morgan fingerprint density at radius 3 is 2.68 bits per heavy atom. The van der Waals surface area contributed by atoms with Gasteiger partial charge in [0.1, 0.15) is 0 Å². The van der Waals surface area contributed by atoms with Crippen LogP contribution in [-0.2, 0) is 11.8 Å². The molecule has 134 valence electrons. The topological polar surface area (TPSA) is 59.8 Å².